The molecule has 0 heterocycles. The quantitative estimate of drug-likeness (QED) is 0.554. The van der Waals surface area contributed by atoms with Gasteiger partial charge in [0.1, 0.15) is 5.78 Å². The third-order valence-electron chi connectivity index (χ3n) is 2.26. The van der Waals surface area contributed by atoms with Crippen LogP contribution in [0.4, 0.5) is 5.69 Å². The van der Waals surface area contributed by atoms with Gasteiger partial charge in [-0.1, -0.05) is 28.1 Å². The number of anilines is 1. The van der Waals surface area contributed by atoms with E-state index in [0.717, 1.165) is 0 Å². The Labute approximate surface area is 106 Å². The summed E-state index contributed by atoms with van der Waals surface area (Å²) in [4.78, 5) is 21.8. The number of nitrogen functional groups attached to an aromatic ring is 1. The van der Waals surface area contributed by atoms with E-state index in [4.69, 9.17) is 10.8 Å². The van der Waals surface area contributed by atoms with Gasteiger partial charge in [0.15, 0.2) is 6.10 Å². The number of hydrogen-bond donors (Lipinski definition) is 3. The van der Waals surface area contributed by atoms with Gasteiger partial charge in [0, 0.05) is 12.1 Å². The Bertz CT molecular complexity index is 447. The van der Waals surface area contributed by atoms with Gasteiger partial charge in [-0.2, -0.15) is 0 Å². The van der Waals surface area contributed by atoms with Crippen LogP contribution in [0.1, 0.15) is 17.2 Å². The van der Waals surface area contributed by atoms with Crippen molar-refractivity contribution in [1.82, 2.24) is 0 Å². The molecule has 92 valence electrons. The molecule has 0 saturated carbocycles. The molecule has 1 aromatic rings. The average Bonchev–Trinajstić information content (AvgIpc) is 2.30. The monoisotopic (exact) mass is 301 g/mol. The molecule has 0 bridgehead atoms. The summed E-state index contributed by atoms with van der Waals surface area (Å²) >= 11 is 3.05. The van der Waals surface area contributed by atoms with Gasteiger partial charge in [0.05, 0.1) is 5.33 Å². The second-order valence-corrected chi connectivity index (χ2v) is 4.11. The molecule has 0 aliphatic rings. The Morgan fingerprint density at radius 3 is 2.53 bits per heavy atom. The van der Waals surface area contributed by atoms with Crippen molar-refractivity contribution in [2.24, 2.45) is 0 Å². The molecule has 0 radical (unpaired) electrons. The van der Waals surface area contributed by atoms with Crippen LogP contribution in [0.2, 0.25) is 0 Å². The Morgan fingerprint density at radius 2 is 2.06 bits per heavy atom. The Balaban J connectivity index is 2.93. The molecule has 1 rings (SSSR count). The van der Waals surface area contributed by atoms with E-state index in [1.54, 1.807) is 6.07 Å². The van der Waals surface area contributed by atoms with Crippen molar-refractivity contribution in [3.63, 3.8) is 0 Å². The van der Waals surface area contributed by atoms with Crippen LogP contribution in [0.5, 0.6) is 0 Å². The van der Waals surface area contributed by atoms with Crippen molar-refractivity contribution in [1.29, 1.82) is 0 Å². The van der Waals surface area contributed by atoms with Crippen LogP contribution in [0, 0.1) is 0 Å². The number of carbonyl (C=O) groups excluding carboxylic acids is 1. The SMILES string of the molecule is Nc1cc(C(O)C(=O)O)ccc1CC(=O)CBr. The van der Waals surface area contributed by atoms with E-state index in [2.05, 4.69) is 15.9 Å². The topological polar surface area (TPSA) is 101 Å². The lowest BCUT2D eigenvalue weighted by Gasteiger charge is -2.09. The summed E-state index contributed by atoms with van der Waals surface area (Å²) in [6, 6.07) is 4.37. The fraction of sp³-hybridized carbons (Fsp3) is 0.273. The molecular weight excluding hydrogens is 290 g/mol. The number of carboxylic acids is 1. The van der Waals surface area contributed by atoms with Crippen LogP contribution >= 0.6 is 15.9 Å². The molecule has 1 atom stereocenters. The molecule has 0 amide bonds. The average molecular weight is 302 g/mol. The minimum Gasteiger partial charge on any atom is -0.479 e. The Hall–Kier alpha value is -1.40. The lowest BCUT2D eigenvalue weighted by Crippen LogP contribution is -2.12. The highest BCUT2D eigenvalue weighted by molar-refractivity contribution is 9.09. The summed E-state index contributed by atoms with van der Waals surface area (Å²) in [5.41, 5.74) is 6.81. The number of carboxylic acid groups (broad SMARTS) is 1. The lowest BCUT2D eigenvalue weighted by molar-refractivity contribution is -0.146. The molecule has 0 aliphatic heterocycles. The maximum atomic E-state index is 11.2. The van der Waals surface area contributed by atoms with Crippen molar-refractivity contribution >= 4 is 33.4 Å². The fourth-order valence-electron chi connectivity index (χ4n) is 1.35. The summed E-state index contributed by atoms with van der Waals surface area (Å²) in [6.07, 6.45) is -1.42. The summed E-state index contributed by atoms with van der Waals surface area (Å²) in [5.74, 6) is -1.36. The number of hydrogen-bond acceptors (Lipinski definition) is 4. The molecule has 0 fully saturated rings. The van der Waals surface area contributed by atoms with Crippen LogP contribution < -0.4 is 5.73 Å². The van der Waals surface area contributed by atoms with Gasteiger partial charge in [0.25, 0.3) is 0 Å². The van der Waals surface area contributed by atoms with Gasteiger partial charge < -0.3 is 15.9 Å². The highest BCUT2D eigenvalue weighted by Gasteiger charge is 2.17. The number of aliphatic hydroxyl groups excluding tert-OH is 1. The number of halogens is 1. The first-order valence-corrected chi connectivity index (χ1v) is 5.94. The van der Waals surface area contributed by atoms with Crippen LogP contribution in [-0.2, 0) is 16.0 Å². The number of aliphatic hydroxyl groups is 1. The summed E-state index contributed by atoms with van der Waals surface area (Å²) in [5, 5.41) is 18.2. The van der Waals surface area contributed by atoms with E-state index in [-0.39, 0.29) is 23.1 Å². The molecule has 0 saturated heterocycles. The minimum absolute atomic E-state index is 0.0248. The van der Waals surface area contributed by atoms with E-state index in [9.17, 15) is 14.7 Å². The van der Waals surface area contributed by atoms with E-state index in [1.165, 1.54) is 12.1 Å². The Morgan fingerprint density at radius 1 is 1.41 bits per heavy atom. The second kappa shape index (κ2) is 5.79. The number of alkyl halides is 1. The third kappa shape index (κ3) is 3.54. The van der Waals surface area contributed by atoms with Gasteiger partial charge in [0.2, 0.25) is 0 Å². The van der Waals surface area contributed by atoms with Gasteiger partial charge in [-0.3, -0.25) is 4.79 Å². The molecule has 1 unspecified atom stereocenters. The highest BCUT2D eigenvalue weighted by Crippen LogP contribution is 2.20. The predicted octanol–water partition coefficient (Wildman–Crippen LogP) is 0.893. The molecular formula is C11H12BrNO4. The van der Waals surface area contributed by atoms with Crippen molar-refractivity contribution in [2.45, 2.75) is 12.5 Å². The normalized spacial score (nSPS) is 12.1. The van der Waals surface area contributed by atoms with Crippen molar-refractivity contribution < 1.29 is 19.8 Å². The van der Waals surface area contributed by atoms with Crippen LogP contribution in [0.3, 0.4) is 0 Å². The molecule has 4 N–H and O–H groups in total. The molecule has 5 nitrogen and oxygen atoms in total. The van der Waals surface area contributed by atoms with Gasteiger partial charge in [-0.15, -0.1) is 0 Å². The van der Waals surface area contributed by atoms with E-state index in [0.29, 0.717) is 11.3 Å². The largest absolute Gasteiger partial charge is 0.479 e. The minimum atomic E-state index is -1.60. The van der Waals surface area contributed by atoms with Crippen LogP contribution in [-0.4, -0.2) is 27.3 Å². The highest BCUT2D eigenvalue weighted by atomic mass is 79.9. The van der Waals surface area contributed by atoms with Gasteiger partial charge in [-0.25, -0.2) is 4.79 Å². The molecule has 0 aromatic heterocycles. The maximum Gasteiger partial charge on any atom is 0.337 e. The zero-order chi connectivity index (χ0) is 13.0. The fourth-order valence-corrected chi connectivity index (χ4v) is 1.54. The number of nitrogens with two attached hydrogens (primary N) is 1. The molecule has 1 aromatic carbocycles. The number of benzene rings is 1. The molecule has 0 spiro atoms. The third-order valence-corrected chi connectivity index (χ3v) is 2.88. The number of ketones is 1. The maximum absolute atomic E-state index is 11.2. The smallest absolute Gasteiger partial charge is 0.337 e. The predicted molar refractivity (Wildman–Crippen MR) is 66.0 cm³/mol. The first kappa shape index (κ1) is 13.7. The Kier molecular flexibility index (Phi) is 4.65. The van der Waals surface area contributed by atoms with Gasteiger partial charge in [-0.05, 0) is 17.2 Å². The summed E-state index contributed by atoms with van der Waals surface area (Å²) < 4.78 is 0. The van der Waals surface area contributed by atoms with E-state index >= 15 is 0 Å². The number of rotatable bonds is 5. The van der Waals surface area contributed by atoms with Gasteiger partial charge >= 0.3 is 5.97 Å². The first-order valence-electron chi connectivity index (χ1n) is 4.82. The van der Waals surface area contributed by atoms with Crippen molar-refractivity contribution in [3.05, 3.63) is 29.3 Å². The molecule has 0 aliphatic carbocycles. The second-order valence-electron chi connectivity index (χ2n) is 3.55. The summed E-state index contributed by atoms with van der Waals surface area (Å²) in [6.45, 7) is 0. The lowest BCUT2D eigenvalue weighted by atomic mass is 10.0. The van der Waals surface area contributed by atoms with Crippen LogP contribution in [0.25, 0.3) is 0 Å². The molecule has 17 heavy (non-hydrogen) atoms. The van der Waals surface area contributed by atoms with E-state index in [1.807, 2.05) is 0 Å². The van der Waals surface area contributed by atoms with Crippen molar-refractivity contribution in [2.75, 3.05) is 11.1 Å². The van der Waals surface area contributed by atoms with Crippen LogP contribution in [0.15, 0.2) is 18.2 Å². The standard InChI is InChI=1S/C11H12BrNO4/c12-5-8(14)3-6-1-2-7(4-9(6)13)10(15)11(16)17/h1-2,4,10,15H,3,5,13H2,(H,16,17). The summed E-state index contributed by atoms with van der Waals surface area (Å²) in [7, 11) is 0. The zero-order valence-corrected chi connectivity index (χ0v) is 10.5. The van der Waals surface area contributed by atoms with E-state index < -0.39 is 12.1 Å². The number of aliphatic carboxylic acids is 1. The first-order chi connectivity index (χ1) is 7.95. The zero-order valence-electron chi connectivity index (χ0n) is 8.89. The number of carbonyl (C=O) groups is 2. The molecule has 6 heteroatoms. The van der Waals surface area contributed by atoms with Crippen molar-refractivity contribution in [3.8, 4) is 0 Å². The number of Topliss-reactive ketones (excluding diaryl/α,β-unsaturated/α-hetero) is 1.